The maximum Gasteiger partial charge on any atom is 0.306 e. The van der Waals surface area contributed by atoms with Gasteiger partial charge in [-0.3, -0.25) is 4.79 Å². The number of aromatic nitrogens is 2. The molecule has 1 aromatic carbocycles. The van der Waals surface area contributed by atoms with Gasteiger partial charge in [-0.25, -0.2) is 4.68 Å². The van der Waals surface area contributed by atoms with Crippen molar-refractivity contribution in [3.05, 3.63) is 45.2 Å². The third-order valence-corrected chi connectivity index (χ3v) is 4.26. The quantitative estimate of drug-likeness (QED) is 0.921. The number of aryl methyl sites for hydroxylation is 1. The van der Waals surface area contributed by atoms with Crippen LogP contribution in [-0.4, -0.2) is 20.9 Å². The summed E-state index contributed by atoms with van der Waals surface area (Å²) in [5.74, 6) is -1.26. The van der Waals surface area contributed by atoms with E-state index in [1.54, 1.807) is 23.7 Å². The van der Waals surface area contributed by atoms with E-state index in [1.807, 2.05) is 19.9 Å². The Morgan fingerprint density at radius 1 is 1.33 bits per heavy atom. The van der Waals surface area contributed by atoms with E-state index >= 15 is 0 Å². The maximum absolute atomic E-state index is 11.0. The summed E-state index contributed by atoms with van der Waals surface area (Å²) in [6.07, 6.45) is 0.453. The minimum Gasteiger partial charge on any atom is -0.481 e. The monoisotopic (exact) mass is 326 g/mol. The van der Waals surface area contributed by atoms with Crippen molar-refractivity contribution in [3.8, 4) is 5.69 Å². The van der Waals surface area contributed by atoms with Gasteiger partial charge in [0.15, 0.2) is 0 Å². The Labute approximate surface area is 133 Å². The van der Waals surface area contributed by atoms with Crippen LogP contribution < -0.4 is 0 Å². The number of nitrogens with zero attached hydrogens (tertiary/aromatic N) is 2. The van der Waals surface area contributed by atoms with Crippen LogP contribution in [0.25, 0.3) is 5.69 Å². The SMILES string of the molecule is Cc1nn(-c2ccc(Cl)c(Cl)c2)c(C)c1CC(C)C(=O)O. The molecule has 0 saturated carbocycles. The molecule has 0 fully saturated rings. The van der Waals surface area contributed by atoms with E-state index in [-0.39, 0.29) is 0 Å². The Morgan fingerprint density at radius 2 is 2.00 bits per heavy atom. The van der Waals surface area contributed by atoms with Crippen molar-refractivity contribution in [1.82, 2.24) is 9.78 Å². The van der Waals surface area contributed by atoms with E-state index in [9.17, 15) is 4.79 Å². The Balaban J connectivity index is 2.43. The standard InChI is InChI=1S/C15H16Cl2N2O2/c1-8(15(20)21)6-12-9(2)18-19(10(12)3)11-4-5-13(16)14(17)7-11/h4-5,7-8H,6H2,1-3H3,(H,20,21). The normalized spacial score (nSPS) is 12.4. The number of aliphatic carboxylic acids is 1. The highest BCUT2D eigenvalue weighted by Crippen LogP contribution is 2.26. The van der Waals surface area contributed by atoms with Gasteiger partial charge in [0.25, 0.3) is 0 Å². The molecule has 1 atom stereocenters. The summed E-state index contributed by atoms with van der Waals surface area (Å²) in [5.41, 5.74) is 3.50. The van der Waals surface area contributed by atoms with Crippen molar-refractivity contribution < 1.29 is 9.90 Å². The van der Waals surface area contributed by atoms with Crippen LogP contribution in [0.4, 0.5) is 0 Å². The molecule has 2 rings (SSSR count). The van der Waals surface area contributed by atoms with E-state index in [0.717, 1.165) is 22.6 Å². The number of rotatable bonds is 4. The number of carbonyl (C=O) groups is 1. The molecular formula is C15H16Cl2N2O2. The van der Waals surface area contributed by atoms with Gasteiger partial charge in [0.2, 0.25) is 0 Å². The second kappa shape index (κ2) is 6.08. The van der Waals surface area contributed by atoms with Crippen molar-refractivity contribution in [3.63, 3.8) is 0 Å². The van der Waals surface area contributed by atoms with Crippen molar-refractivity contribution in [2.24, 2.45) is 5.92 Å². The van der Waals surface area contributed by atoms with Crippen LogP contribution in [0.3, 0.4) is 0 Å². The summed E-state index contributed by atoms with van der Waals surface area (Å²) in [6, 6.07) is 5.29. The van der Waals surface area contributed by atoms with Crippen LogP contribution in [0.5, 0.6) is 0 Å². The second-order valence-electron chi connectivity index (χ2n) is 5.10. The maximum atomic E-state index is 11.0. The summed E-state index contributed by atoms with van der Waals surface area (Å²) < 4.78 is 1.77. The first kappa shape index (κ1) is 15.9. The van der Waals surface area contributed by atoms with E-state index < -0.39 is 11.9 Å². The number of benzene rings is 1. The van der Waals surface area contributed by atoms with Crippen molar-refractivity contribution >= 4 is 29.2 Å². The number of carboxylic acid groups (broad SMARTS) is 1. The lowest BCUT2D eigenvalue weighted by Gasteiger charge is -2.08. The van der Waals surface area contributed by atoms with E-state index in [1.165, 1.54) is 0 Å². The van der Waals surface area contributed by atoms with Crippen molar-refractivity contribution in [1.29, 1.82) is 0 Å². The number of hydrogen-bond acceptors (Lipinski definition) is 2. The summed E-state index contributed by atoms with van der Waals surface area (Å²) >= 11 is 12.0. The molecule has 1 heterocycles. The molecular weight excluding hydrogens is 311 g/mol. The Kier molecular flexibility index (Phi) is 4.59. The Morgan fingerprint density at radius 3 is 2.57 bits per heavy atom. The van der Waals surface area contributed by atoms with Crippen LogP contribution in [0.15, 0.2) is 18.2 Å². The lowest BCUT2D eigenvalue weighted by Crippen LogP contribution is -2.13. The molecule has 0 radical (unpaired) electrons. The predicted molar refractivity (Wildman–Crippen MR) is 83.6 cm³/mol. The molecule has 0 aliphatic rings. The van der Waals surface area contributed by atoms with Crippen LogP contribution >= 0.6 is 23.2 Å². The number of hydrogen-bond donors (Lipinski definition) is 1. The summed E-state index contributed by atoms with van der Waals surface area (Å²) in [5, 5.41) is 14.5. The third kappa shape index (κ3) is 3.22. The zero-order valence-corrected chi connectivity index (χ0v) is 13.5. The van der Waals surface area contributed by atoms with Gasteiger partial charge < -0.3 is 5.11 Å². The number of carboxylic acids is 1. The molecule has 21 heavy (non-hydrogen) atoms. The topological polar surface area (TPSA) is 55.1 Å². The van der Waals surface area contributed by atoms with Gasteiger partial charge in [-0.2, -0.15) is 5.10 Å². The van der Waals surface area contributed by atoms with Gasteiger partial charge in [0.1, 0.15) is 0 Å². The molecule has 6 heteroatoms. The molecule has 1 aromatic heterocycles. The molecule has 0 bridgehead atoms. The predicted octanol–water partition coefficient (Wildman–Crippen LogP) is 4.06. The van der Waals surface area contributed by atoms with Gasteiger partial charge in [-0.15, -0.1) is 0 Å². The fourth-order valence-electron chi connectivity index (χ4n) is 2.23. The van der Waals surface area contributed by atoms with Crippen LogP contribution in [-0.2, 0) is 11.2 Å². The molecule has 0 spiro atoms. The second-order valence-corrected chi connectivity index (χ2v) is 5.92. The average molecular weight is 327 g/mol. The number of halogens is 2. The largest absolute Gasteiger partial charge is 0.481 e. The minimum atomic E-state index is -0.809. The molecule has 2 aromatic rings. The lowest BCUT2D eigenvalue weighted by atomic mass is 10.00. The lowest BCUT2D eigenvalue weighted by molar-refractivity contribution is -0.141. The highest BCUT2D eigenvalue weighted by atomic mass is 35.5. The molecule has 112 valence electrons. The van der Waals surface area contributed by atoms with Gasteiger partial charge in [0.05, 0.1) is 27.3 Å². The van der Waals surface area contributed by atoms with Crippen LogP contribution in [0.1, 0.15) is 23.9 Å². The first-order valence-corrected chi connectivity index (χ1v) is 7.30. The Bertz CT molecular complexity index is 695. The smallest absolute Gasteiger partial charge is 0.306 e. The summed E-state index contributed by atoms with van der Waals surface area (Å²) in [6.45, 7) is 5.50. The van der Waals surface area contributed by atoms with E-state index in [2.05, 4.69) is 5.10 Å². The average Bonchev–Trinajstić information content (AvgIpc) is 2.69. The first-order valence-electron chi connectivity index (χ1n) is 6.54. The minimum absolute atomic E-state index is 0.450. The molecule has 0 aliphatic carbocycles. The van der Waals surface area contributed by atoms with E-state index in [0.29, 0.717) is 16.5 Å². The fraction of sp³-hybridized carbons (Fsp3) is 0.333. The molecule has 4 nitrogen and oxygen atoms in total. The fourth-order valence-corrected chi connectivity index (χ4v) is 2.52. The van der Waals surface area contributed by atoms with Crippen molar-refractivity contribution in [2.45, 2.75) is 27.2 Å². The first-order chi connectivity index (χ1) is 9.81. The molecule has 1 N–H and O–H groups in total. The van der Waals surface area contributed by atoms with Crippen molar-refractivity contribution in [2.75, 3.05) is 0 Å². The van der Waals surface area contributed by atoms with Gasteiger partial charge in [0, 0.05) is 5.69 Å². The zero-order valence-electron chi connectivity index (χ0n) is 12.0. The summed E-state index contributed by atoms with van der Waals surface area (Å²) in [7, 11) is 0. The van der Waals surface area contributed by atoms with Gasteiger partial charge >= 0.3 is 5.97 Å². The molecule has 1 unspecified atom stereocenters. The molecule has 0 saturated heterocycles. The van der Waals surface area contributed by atoms with E-state index in [4.69, 9.17) is 28.3 Å². The van der Waals surface area contributed by atoms with Gasteiger partial charge in [-0.05, 0) is 44.0 Å². The highest BCUT2D eigenvalue weighted by Gasteiger charge is 2.19. The molecule has 0 amide bonds. The highest BCUT2D eigenvalue weighted by molar-refractivity contribution is 6.42. The summed E-state index contributed by atoms with van der Waals surface area (Å²) in [4.78, 5) is 11.0. The molecule has 0 aliphatic heterocycles. The Hall–Kier alpha value is -1.52. The zero-order chi connectivity index (χ0) is 15.7. The van der Waals surface area contributed by atoms with Crippen LogP contribution in [0.2, 0.25) is 10.0 Å². The van der Waals surface area contributed by atoms with Crippen LogP contribution in [0, 0.1) is 19.8 Å². The third-order valence-electron chi connectivity index (χ3n) is 3.52. The van der Waals surface area contributed by atoms with Gasteiger partial charge in [-0.1, -0.05) is 30.1 Å².